The predicted molar refractivity (Wildman–Crippen MR) is 91.2 cm³/mol. The van der Waals surface area contributed by atoms with Crippen LogP contribution in [0.3, 0.4) is 0 Å². The summed E-state index contributed by atoms with van der Waals surface area (Å²) >= 11 is 5.84. The Morgan fingerprint density at radius 2 is 1.67 bits per heavy atom. The standard InChI is InChI=1S/C19H14ClF2NO/c1-11(13-7-6-12-4-2-3-5-14(12)8-13)23-19(24)15-9-17(21)18(22)10-16(15)20/h2-11H,1H3,(H,23,24). The van der Waals surface area contributed by atoms with Gasteiger partial charge in [-0.1, -0.05) is 48.0 Å². The maximum absolute atomic E-state index is 13.3. The van der Waals surface area contributed by atoms with Crippen LogP contribution in [0.5, 0.6) is 0 Å². The molecule has 0 bridgehead atoms. The Balaban J connectivity index is 1.84. The molecule has 5 heteroatoms. The highest BCUT2D eigenvalue weighted by molar-refractivity contribution is 6.33. The van der Waals surface area contributed by atoms with Gasteiger partial charge in [0.05, 0.1) is 16.6 Å². The quantitative estimate of drug-likeness (QED) is 0.644. The Hall–Kier alpha value is -2.46. The molecule has 0 radical (unpaired) electrons. The summed E-state index contributed by atoms with van der Waals surface area (Å²) < 4.78 is 26.4. The highest BCUT2D eigenvalue weighted by Crippen LogP contribution is 2.23. The molecule has 0 saturated heterocycles. The molecule has 3 rings (SSSR count). The first-order chi connectivity index (χ1) is 11.5. The van der Waals surface area contributed by atoms with Gasteiger partial charge in [-0.05, 0) is 41.5 Å². The SMILES string of the molecule is CC(NC(=O)c1cc(F)c(F)cc1Cl)c1ccc2ccccc2c1. The lowest BCUT2D eigenvalue weighted by Crippen LogP contribution is -2.27. The number of rotatable bonds is 3. The zero-order valence-corrected chi connectivity index (χ0v) is 13.6. The van der Waals surface area contributed by atoms with Gasteiger partial charge in [-0.3, -0.25) is 4.79 Å². The first-order valence-corrected chi connectivity index (χ1v) is 7.77. The zero-order valence-electron chi connectivity index (χ0n) is 12.8. The van der Waals surface area contributed by atoms with Crippen LogP contribution in [0, 0.1) is 11.6 Å². The van der Waals surface area contributed by atoms with E-state index in [0.717, 1.165) is 28.5 Å². The first-order valence-electron chi connectivity index (χ1n) is 7.40. The van der Waals surface area contributed by atoms with Gasteiger partial charge < -0.3 is 5.32 Å². The number of hydrogen-bond donors (Lipinski definition) is 1. The molecule has 1 amide bonds. The molecule has 0 spiro atoms. The summed E-state index contributed by atoms with van der Waals surface area (Å²) in [5.74, 6) is -2.75. The molecule has 0 aliphatic heterocycles. The monoisotopic (exact) mass is 345 g/mol. The molecule has 0 aliphatic carbocycles. The van der Waals surface area contributed by atoms with Crippen LogP contribution in [0.2, 0.25) is 5.02 Å². The third-order valence-electron chi connectivity index (χ3n) is 3.88. The number of halogens is 3. The van der Waals surface area contributed by atoms with Crippen molar-refractivity contribution in [1.82, 2.24) is 5.32 Å². The van der Waals surface area contributed by atoms with Gasteiger partial charge in [0.1, 0.15) is 0 Å². The first kappa shape index (κ1) is 16.4. The number of fused-ring (bicyclic) bond motifs is 1. The smallest absolute Gasteiger partial charge is 0.253 e. The number of carbonyl (C=O) groups excluding carboxylic acids is 1. The Morgan fingerprint density at radius 3 is 2.42 bits per heavy atom. The van der Waals surface area contributed by atoms with Crippen LogP contribution in [-0.4, -0.2) is 5.91 Å². The second-order valence-corrected chi connectivity index (χ2v) is 5.96. The minimum Gasteiger partial charge on any atom is -0.345 e. The van der Waals surface area contributed by atoms with Crippen molar-refractivity contribution in [3.8, 4) is 0 Å². The van der Waals surface area contributed by atoms with E-state index in [4.69, 9.17) is 11.6 Å². The lowest BCUT2D eigenvalue weighted by molar-refractivity contribution is 0.0939. The highest BCUT2D eigenvalue weighted by Gasteiger charge is 2.17. The Labute approximate surface area is 143 Å². The molecule has 1 unspecified atom stereocenters. The van der Waals surface area contributed by atoms with E-state index in [0.29, 0.717) is 0 Å². The van der Waals surface area contributed by atoms with Gasteiger partial charge in [-0.15, -0.1) is 0 Å². The van der Waals surface area contributed by atoms with Gasteiger partial charge >= 0.3 is 0 Å². The largest absolute Gasteiger partial charge is 0.345 e. The Kier molecular flexibility index (Phi) is 4.49. The van der Waals surface area contributed by atoms with E-state index >= 15 is 0 Å². The van der Waals surface area contributed by atoms with Crippen LogP contribution in [0.15, 0.2) is 54.6 Å². The third kappa shape index (κ3) is 3.24. The van der Waals surface area contributed by atoms with Crippen LogP contribution >= 0.6 is 11.6 Å². The average Bonchev–Trinajstić information content (AvgIpc) is 2.57. The fourth-order valence-electron chi connectivity index (χ4n) is 2.53. The molecule has 122 valence electrons. The van der Waals surface area contributed by atoms with E-state index in [-0.39, 0.29) is 16.6 Å². The van der Waals surface area contributed by atoms with Crippen molar-refractivity contribution in [3.63, 3.8) is 0 Å². The van der Waals surface area contributed by atoms with Gasteiger partial charge in [0.25, 0.3) is 5.91 Å². The normalized spacial score (nSPS) is 12.2. The number of amides is 1. The number of nitrogens with one attached hydrogen (secondary N) is 1. The van der Waals surface area contributed by atoms with Crippen molar-refractivity contribution in [3.05, 3.63) is 82.4 Å². The summed E-state index contributed by atoms with van der Waals surface area (Å²) in [6.45, 7) is 1.82. The number of hydrogen-bond acceptors (Lipinski definition) is 1. The van der Waals surface area contributed by atoms with Crippen molar-refractivity contribution in [2.24, 2.45) is 0 Å². The van der Waals surface area contributed by atoms with Crippen molar-refractivity contribution in [1.29, 1.82) is 0 Å². The molecule has 24 heavy (non-hydrogen) atoms. The van der Waals surface area contributed by atoms with E-state index in [1.165, 1.54) is 0 Å². The van der Waals surface area contributed by atoms with E-state index in [9.17, 15) is 13.6 Å². The minimum absolute atomic E-state index is 0.0943. The van der Waals surface area contributed by atoms with Crippen LogP contribution in [-0.2, 0) is 0 Å². The molecule has 2 nitrogen and oxygen atoms in total. The van der Waals surface area contributed by atoms with E-state index in [2.05, 4.69) is 5.32 Å². The lowest BCUT2D eigenvalue weighted by Gasteiger charge is -2.16. The summed E-state index contributed by atoms with van der Waals surface area (Å²) in [4.78, 5) is 12.3. The Bertz CT molecular complexity index is 926. The van der Waals surface area contributed by atoms with Gasteiger partial charge in [0.2, 0.25) is 0 Å². The Morgan fingerprint density at radius 1 is 1.00 bits per heavy atom. The van der Waals surface area contributed by atoms with Gasteiger partial charge in [0, 0.05) is 0 Å². The summed E-state index contributed by atoms with van der Waals surface area (Å²) in [5.41, 5.74) is 0.809. The summed E-state index contributed by atoms with van der Waals surface area (Å²) in [5, 5.41) is 4.78. The molecule has 1 atom stereocenters. The molecule has 0 fully saturated rings. The molecule has 0 aliphatic rings. The maximum Gasteiger partial charge on any atom is 0.253 e. The molecule has 0 saturated carbocycles. The molecular weight excluding hydrogens is 332 g/mol. The molecule has 3 aromatic carbocycles. The lowest BCUT2D eigenvalue weighted by atomic mass is 10.0. The van der Waals surface area contributed by atoms with Gasteiger partial charge in [-0.2, -0.15) is 0 Å². The summed E-state index contributed by atoms with van der Waals surface area (Å²) in [6.07, 6.45) is 0. The fourth-order valence-corrected chi connectivity index (χ4v) is 2.77. The summed E-state index contributed by atoms with van der Waals surface area (Å²) in [7, 11) is 0. The van der Waals surface area contributed by atoms with Gasteiger partial charge in [-0.25, -0.2) is 8.78 Å². The van der Waals surface area contributed by atoms with E-state index in [1.54, 1.807) is 0 Å². The maximum atomic E-state index is 13.3. The topological polar surface area (TPSA) is 29.1 Å². The second kappa shape index (κ2) is 6.57. The molecule has 3 aromatic rings. The highest BCUT2D eigenvalue weighted by atomic mass is 35.5. The van der Waals surface area contributed by atoms with Crippen molar-refractivity contribution >= 4 is 28.3 Å². The van der Waals surface area contributed by atoms with Crippen LogP contribution < -0.4 is 5.32 Å². The van der Waals surface area contributed by atoms with Crippen LogP contribution in [0.4, 0.5) is 8.78 Å². The van der Waals surface area contributed by atoms with Crippen molar-refractivity contribution in [2.75, 3.05) is 0 Å². The van der Waals surface area contributed by atoms with Crippen LogP contribution in [0.25, 0.3) is 10.8 Å². The van der Waals surface area contributed by atoms with Crippen LogP contribution in [0.1, 0.15) is 28.9 Å². The zero-order chi connectivity index (χ0) is 17.3. The van der Waals surface area contributed by atoms with E-state index < -0.39 is 17.5 Å². The molecule has 0 aromatic heterocycles. The summed E-state index contributed by atoms with van der Waals surface area (Å²) in [6, 6.07) is 15.0. The predicted octanol–water partition coefficient (Wildman–Crippen LogP) is 5.26. The third-order valence-corrected chi connectivity index (χ3v) is 4.19. The number of benzene rings is 3. The van der Waals surface area contributed by atoms with Crippen molar-refractivity contribution in [2.45, 2.75) is 13.0 Å². The molecular formula is C19H14ClF2NO. The average molecular weight is 346 g/mol. The number of carbonyl (C=O) groups is 1. The molecule has 1 N–H and O–H groups in total. The van der Waals surface area contributed by atoms with E-state index in [1.807, 2.05) is 49.4 Å². The second-order valence-electron chi connectivity index (χ2n) is 5.55. The van der Waals surface area contributed by atoms with Gasteiger partial charge in [0.15, 0.2) is 11.6 Å². The molecule has 0 heterocycles. The fraction of sp³-hybridized carbons (Fsp3) is 0.105. The van der Waals surface area contributed by atoms with Crippen molar-refractivity contribution < 1.29 is 13.6 Å². The minimum atomic E-state index is -1.11.